The van der Waals surface area contributed by atoms with Gasteiger partial charge in [0.25, 0.3) is 0 Å². The molecule has 4 heteroatoms. The molecule has 0 N–H and O–H groups in total. The SMILES string of the molecule is POCc1ccccc1.[B]CC(C)COCC. The fourth-order valence-electron chi connectivity index (χ4n) is 1.06. The molecule has 2 unspecified atom stereocenters. The van der Waals surface area contributed by atoms with E-state index in [1.54, 1.807) is 0 Å². The number of rotatable bonds is 6. The smallest absolute Gasteiger partial charge is 0.0752 e. The second kappa shape index (κ2) is 12.1. The number of benzene rings is 1. The normalized spacial score (nSPS) is 11.5. The lowest BCUT2D eigenvalue weighted by Gasteiger charge is -2.06. The van der Waals surface area contributed by atoms with Gasteiger partial charge in [-0.15, -0.1) is 0 Å². The van der Waals surface area contributed by atoms with E-state index >= 15 is 0 Å². The molecule has 0 spiro atoms. The van der Waals surface area contributed by atoms with Gasteiger partial charge in [0.05, 0.1) is 14.5 Å². The molecule has 0 aliphatic rings. The van der Waals surface area contributed by atoms with Gasteiger partial charge in [-0.2, -0.15) is 0 Å². The van der Waals surface area contributed by atoms with Crippen LogP contribution in [0.4, 0.5) is 0 Å². The Hall–Kier alpha value is -0.365. The average molecular weight is 252 g/mol. The summed E-state index contributed by atoms with van der Waals surface area (Å²) in [6, 6.07) is 10.1. The van der Waals surface area contributed by atoms with Crippen LogP contribution in [0.1, 0.15) is 19.4 Å². The highest BCUT2D eigenvalue weighted by Gasteiger charge is 1.94. The summed E-state index contributed by atoms with van der Waals surface area (Å²) in [5, 5.41) is 0. The van der Waals surface area contributed by atoms with Crippen molar-refractivity contribution in [2.75, 3.05) is 13.2 Å². The molecular formula is C13H22BO2P. The first-order valence-corrected chi connectivity index (χ1v) is 6.35. The monoisotopic (exact) mass is 252 g/mol. The first-order valence-electron chi connectivity index (χ1n) is 5.88. The molecule has 0 heterocycles. The third-order valence-corrected chi connectivity index (χ3v) is 2.27. The van der Waals surface area contributed by atoms with E-state index in [1.807, 2.05) is 37.3 Å². The van der Waals surface area contributed by atoms with Crippen LogP contribution < -0.4 is 0 Å². The molecule has 2 radical (unpaired) electrons. The Morgan fingerprint density at radius 2 is 1.94 bits per heavy atom. The largest absolute Gasteiger partial charge is 0.381 e. The molecule has 1 aromatic rings. The highest BCUT2D eigenvalue weighted by molar-refractivity contribution is 7.09. The molecule has 0 saturated carbocycles. The molecule has 1 rings (SSSR count). The fourth-order valence-corrected chi connectivity index (χ4v) is 1.25. The van der Waals surface area contributed by atoms with Crippen molar-refractivity contribution in [3.05, 3.63) is 35.9 Å². The molecule has 0 amide bonds. The highest BCUT2D eigenvalue weighted by Crippen LogP contribution is 2.01. The summed E-state index contributed by atoms with van der Waals surface area (Å²) in [5.41, 5.74) is 1.20. The Balaban J connectivity index is 0.000000304. The molecule has 0 aliphatic heterocycles. The second-order valence-corrected chi connectivity index (χ2v) is 4.13. The van der Waals surface area contributed by atoms with Crippen LogP contribution >= 0.6 is 9.47 Å². The van der Waals surface area contributed by atoms with Crippen LogP contribution in [0.5, 0.6) is 0 Å². The predicted octanol–water partition coefficient (Wildman–Crippen LogP) is 3.24. The van der Waals surface area contributed by atoms with Crippen molar-refractivity contribution in [3.8, 4) is 0 Å². The van der Waals surface area contributed by atoms with Gasteiger partial charge in [-0.05, 0) is 18.4 Å². The van der Waals surface area contributed by atoms with Gasteiger partial charge in [0.2, 0.25) is 0 Å². The topological polar surface area (TPSA) is 18.5 Å². The lowest BCUT2D eigenvalue weighted by Crippen LogP contribution is -2.04. The maximum Gasteiger partial charge on any atom is 0.0752 e. The summed E-state index contributed by atoms with van der Waals surface area (Å²) >= 11 is 0. The van der Waals surface area contributed by atoms with Gasteiger partial charge in [0.1, 0.15) is 0 Å². The van der Waals surface area contributed by atoms with Crippen molar-refractivity contribution < 1.29 is 9.26 Å². The van der Waals surface area contributed by atoms with E-state index in [4.69, 9.17) is 17.1 Å². The maximum absolute atomic E-state index is 5.33. The summed E-state index contributed by atoms with van der Waals surface area (Å²) < 4.78 is 9.95. The lowest BCUT2D eigenvalue weighted by molar-refractivity contribution is 0.122. The minimum absolute atomic E-state index is 0.509. The van der Waals surface area contributed by atoms with Crippen molar-refractivity contribution in [3.63, 3.8) is 0 Å². The van der Waals surface area contributed by atoms with Crippen LogP contribution in [0.2, 0.25) is 6.32 Å². The summed E-state index contributed by atoms with van der Waals surface area (Å²) in [6.07, 6.45) is 0.722. The molecule has 0 saturated heterocycles. The third-order valence-electron chi connectivity index (χ3n) is 2.10. The molecule has 0 aliphatic carbocycles. The van der Waals surface area contributed by atoms with E-state index in [-0.39, 0.29) is 0 Å². The first-order chi connectivity index (χ1) is 8.24. The van der Waals surface area contributed by atoms with Crippen molar-refractivity contribution >= 4 is 17.3 Å². The van der Waals surface area contributed by atoms with E-state index in [0.717, 1.165) is 19.5 Å². The Kier molecular flexibility index (Phi) is 11.8. The molecule has 1 aromatic carbocycles. The molecule has 2 nitrogen and oxygen atoms in total. The van der Waals surface area contributed by atoms with E-state index in [2.05, 4.69) is 16.4 Å². The average Bonchev–Trinajstić information content (AvgIpc) is 2.38. The summed E-state index contributed by atoms with van der Waals surface area (Å²) in [5.74, 6) is 0.509. The van der Waals surface area contributed by atoms with Gasteiger partial charge in [0.15, 0.2) is 0 Å². The van der Waals surface area contributed by atoms with Crippen LogP contribution in [0.25, 0.3) is 0 Å². The fraction of sp³-hybridized carbons (Fsp3) is 0.538. The lowest BCUT2D eigenvalue weighted by atomic mass is 9.93. The van der Waals surface area contributed by atoms with Crippen LogP contribution in [0.15, 0.2) is 30.3 Å². The van der Waals surface area contributed by atoms with E-state index in [1.165, 1.54) is 5.56 Å². The Morgan fingerprint density at radius 3 is 2.41 bits per heavy atom. The second-order valence-electron chi connectivity index (χ2n) is 3.80. The minimum atomic E-state index is 0.509. The van der Waals surface area contributed by atoms with E-state index in [9.17, 15) is 0 Å². The quantitative estimate of drug-likeness (QED) is 0.571. The predicted molar refractivity (Wildman–Crippen MR) is 77.2 cm³/mol. The summed E-state index contributed by atoms with van der Waals surface area (Å²) in [6.45, 7) is 6.34. The Labute approximate surface area is 109 Å². The highest BCUT2D eigenvalue weighted by atomic mass is 31.0. The van der Waals surface area contributed by atoms with E-state index < -0.39 is 0 Å². The van der Waals surface area contributed by atoms with Gasteiger partial charge >= 0.3 is 0 Å². The first kappa shape index (κ1) is 16.6. The zero-order valence-electron chi connectivity index (χ0n) is 10.8. The van der Waals surface area contributed by atoms with E-state index in [0.29, 0.717) is 12.5 Å². The van der Waals surface area contributed by atoms with Crippen LogP contribution in [-0.4, -0.2) is 21.1 Å². The Morgan fingerprint density at radius 1 is 1.29 bits per heavy atom. The van der Waals surface area contributed by atoms with Crippen molar-refractivity contribution in [1.29, 1.82) is 0 Å². The molecular weight excluding hydrogens is 230 g/mol. The standard InChI is InChI=1S/C7H9OP.C6H13BO/c9-8-6-7-4-2-1-3-5-7;1-3-8-5-6(2)4-7/h1-5H,6,9H2;6H,3-5H2,1-2H3. The van der Waals surface area contributed by atoms with Gasteiger partial charge in [0, 0.05) is 22.7 Å². The molecule has 0 fully saturated rings. The van der Waals surface area contributed by atoms with Crippen LogP contribution in [0.3, 0.4) is 0 Å². The summed E-state index contributed by atoms with van der Waals surface area (Å²) in [4.78, 5) is 0. The van der Waals surface area contributed by atoms with Crippen LogP contribution in [-0.2, 0) is 15.9 Å². The summed E-state index contributed by atoms with van der Waals surface area (Å²) in [7, 11) is 7.56. The maximum atomic E-state index is 5.33. The minimum Gasteiger partial charge on any atom is -0.381 e. The Bertz CT molecular complexity index is 257. The van der Waals surface area contributed by atoms with Crippen molar-refractivity contribution in [2.45, 2.75) is 26.8 Å². The molecule has 17 heavy (non-hydrogen) atoms. The number of hydrogen-bond donors (Lipinski definition) is 0. The van der Waals surface area contributed by atoms with Crippen molar-refractivity contribution in [2.24, 2.45) is 5.92 Å². The molecule has 0 aromatic heterocycles. The molecule has 94 valence electrons. The van der Waals surface area contributed by atoms with Crippen LogP contribution in [0, 0.1) is 5.92 Å². The zero-order chi connectivity index (χ0) is 12.9. The molecule has 2 atom stereocenters. The molecule has 0 bridgehead atoms. The van der Waals surface area contributed by atoms with Gasteiger partial charge in [-0.25, -0.2) is 0 Å². The zero-order valence-corrected chi connectivity index (χ0v) is 11.9. The number of ether oxygens (including phenoxy) is 1. The van der Waals surface area contributed by atoms with Gasteiger partial charge in [-0.1, -0.05) is 43.6 Å². The van der Waals surface area contributed by atoms with Crippen molar-refractivity contribution in [1.82, 2.24) is 0 Å². The van der Waals surface area contributed by atoms with Gasteiger partial charge < -0.3 is 9.26 Å². The number of hydrogen-bond acceptors (Lipinski definition) is 2. The van der Waals surface area contributed by atoms with Gasteiger partial charge in [-0.3, -0.25) is 0 Å². The third kappa shape index (κ3) is 10.5.